The van der Waals surface area contributed by atoms with E-state index in [0.717, 1.165) is 49.3 Å². The van der Waals surface area contributed by atoms with E-state index in [2.05, 4.69) is 11.4 Å². The summed E-state index contributed by atoms with van der Waals surface area (Å²) in [5.41, 5.74) is 1.08. The number of rotatable bonds is 5. The fraction of sp³-hybridized carbons (Fsp3) is 0.600. The Labute approximate surface area is 114 Å². The summed E-state index contributed by atoms with van der Waals surface area (Å²) in [4.78, 5) is 0. The molecule has 1 saturated carbocycles. The summed E-state index contributed by atoms with van der Waals surface area (Å²) in [7, 11) is 1.75. The molecule has 0 radical (unpaired) electrons. The van der Waals surface area contributed by atoms with Crippen LogP contribution in [0, 0.1) is 5.92 Å². The molecular formula is C15H21NO3. The molecule has 19 heavy (non-hydrogen) atoms. The lowest BCUT2D eigenvalue weighted by molar-refractivity contribution is 0.179. The van der Waals surface area contributed by atoms with Crippen LogP contribution in [0.15, 0.2) is 18.2 Å². The monoisotopic (exact) mass is 263 g/mol. The number of ether oxygens (including phenoxy) is 3. The first-order chi connectivity index (χ1) is 9.36. The van der Waals surface area contributed by atoms with Gasteiger partial charge >= 0.3 is 0 Å². The van der Waals surface area contributed by atoms with Gasteiger partial charge in [0.05, 0.1) is 25.9 Å². The van der Waals surface area contributed by atoms with Crippen molar-refractivity contribution >= 4 is 5.69 Å². The molecule has 1 fully saturated rings. The Bertz CT molecular complexity index is 431. The molecule has 4 nitrogen and oxygen atoms in total. The summed E-state index contributed by atoms with van der Waals surface area (Å²) in [6.07, 6.45) is 3.53. The molecule has 104 valence electrons. The number of benzene rings is 1. The van der Waals surface area contributed by atoms with E-state index in [9.17, 15) is 0 Å². The normalized spacial score (nSPS) is 19.6. The average molecular weight is 263 g/mol. The number of methoxy groups -OCH3 is 1. The van der Waals surface area contributed by atoms with Gasteiger partial charge in [0.1, 0.15) is 0 Å². The minimum absolute atomic E-state index is 0.398. The summed E-state index contributed by atoms with van der Waals surface area (Å²) in [6, 6.07) is 6.47. The van der Waals surface area contributed by atoms with E-state index in [-0.39, 0.29) is 0 Å². The zero-order valence-electron chi connectivity index (χ0n) is 11.4. The van der Waals surface area contributed by atoms with Gasteiger partial charge in [-0.1, -0.05) is 0 Å². The van der Waals surface area contributed by atoms with Gasteiger partial charge in [-0.3, -0.25) is 0 Å². The van der Waals surface area contributed by atoms with Gasteiger partial charge in [-0.2, -0.15) is 0 Å². The highest BCUT2D eigenvalue weighted by Crippen LogP contribution is 2.36. The number of fused-ring (bicyclic) bond motifs is 1. The van der Waals surface area contributed by atoms with Gasteiger partial charge in [0, 0.05) is 25.3 Å². The van der Waals surface area contributed by atoms with E-state index < -0.39 is 0 Å². The smallest absolute Gasteiger partial charge is 0.163 e. The van der Waals surface area contributed by atoms with Crippen LogP contribution in [-0.2, 0) is 4.74 Å². The number of hydrogen-bond acceptors (Lipinski definition) is 4. The van der Waals surface area contributed by atoms with E-state index in [1.807, 2.05) is 12.1 Å². The van der Waals surface area contributed by atoms with E-state index >= 15 is 0 Å². The van der Waals surface area contributed by atoms with E-state index in [4.69, 9.17) is 14.2 Å². The van der Waals surface area contributed by atoms with Crippen molar-refractivity contribution in [2.45, 2.75) is 25.3 Å². The molecule has 1 N–H and O–H groups in total. The third-order valence-corrected chi connectivity index (χ3v) is 3.64. The van der Waals surface area contributed by atoms with Crippen LogP contribution < -0.4 is 14.8 Å². The van der Waals surface area contributed by atoms with Crippen LogP contribution in [0.5, 0.6) is 11.5 Å². The molecule has 0 saturated heterocycles. The zero-order chi connectivity index (χ0) is 13.1. The third kappa shape index (κ3) is 3.13. The largest absolute Gasteiger partial charge is 0.490 e. The Kier molecular flexibility index (Phi) is 3.78. The van der Waals surface area contributed by atoms with Crippen LogP contribution in [0.25, 0.3) is 0 Å². The van der Waals surface area contributed by atoms with Crippen molar-refractivity contribution in [1.82, 2.24) is 0 Å². The van der Waals surface area contributed by atoms with Crippen molar-refractivity contribution in [3.63, 3.8) is 0 Å². The van der Waals surface area contributed by atoms with Crippen LogP contribution in [0.2, 0.25) is 0 Å². The molecule has 1 atom stereocenters. The molecular weight excluding hydrogens is 242 g/mol. The highest BCUT2D eigenvalue weighted by Gasteiger charge is 2.31. The Morgan fingerprint density at radius 3 is 2.79 bits per heavy atom. The van der Waals surface area contributed by atoms with E-state index in [0.29, 0.717) is 6.04 Å². The van der Waals surface area contributed by atoms with Gasteiger partial charge in [0.2, 0.25) is 0 Å². The molecule has 1 aromatic rings. The Morgan fingerprint density at radius 2 is 2.05 bits per heavy atom. The van der Waals surface area contributed by atoms with Crippen molar-refractivity contribution in [2.75, 3.05) is 32.2 Å². The maximum absolute atomic E-state index is 5.71. The fourth-order valence-electron chi connectivity index (χ4n) is 2.44. The van der Waals surface area contributed by atoms with Gasteiger partial charge < -0.3 is 19.5 Å². The van der Waals surface area contributed by atoms with Crippen LogP contribution in [0.3, 0.4) is 0 Å². The third-order valence-electron chi connectivity index (χ3n) is 3.64. The van der Waals surface area contributed by atoms with Gasteiger partial charge in [-0.25, -0.2) is 0 Å². The van der Waals surface area contributed by atoms with Crippen LogP contribution >= 0.6 is 0 Å². The number of anilines is 1. The molecule has 1 aliphatic heterocycles. The van der Waals surface area contributed by atoms with Crippen molar-refractivity contribution in [2.24, 2.45) is 5.92 Å². The van der Waals surface area contributed by atoms with Gasteiger partial charge in [-0.05, 0) is 30.9 Å². The SMILES string of the molecule is COCC(Nc1ccc2c(c1)OCCCO2)C1CC1. The Hall–Kier alpha value is -1.42. The van der Waals surface area contributed by atoms with Gasteiger partial charge in [-0.15, -0.1) is 0 Å². The van der Waals surface area contributed by atoms with Crippen LogP contribution in [0.1, 0.15) is 19.3 Å². The van der Waals surface area contributed by atoms with Gasteiger partial charge in [0.25, 0.3) is 0 Å². The standard InChI is InChI=1S/C15H21NO3/c1-17-10-13(11-3-4-11)16-12-5-6-14-15(9-12)19-8-2-7-18-14/h5-6,9,11,13,16H,2-4,7-8,10H2,1H3. The molecule has 1 unspecified atom stereocenters. The molecule has 3 rings (SSSR count). The molecule has 0 spiro atoms. The molecule has 0 aromatic heterocycles. The highest BCUT2D eigenvalue weighted by molar-refractivity contribution is 5.55. The maximum Gasteiger partial charge on any atom is 0.163 e. The molecule has 1 aromatic carbocycles. The first-order valence-electron chi connectivity index (χ1n) is 7.02. The Balaban J connectivity index is 1.71. The molecule has 4 heteroatoms. The maximum atomic E-state index is 5.71. The van der Waals surface area contributed by atoms with Crippen molar-refractivity contribution < 1.29 is 14.2 Å². The van der Waals surface area contributed by atoms with Crippen molar-refractivity contribution in [3.8, 4) is 11.5 Å². The van der Waals surface area contributed by atoms with Crippen LogP contribution in [-0.4, -0.2) is 33.0 Å². The molecule has 1 aliphatic carbocycles. The Morgan fingerprint density at radius 1 is 1.26 bits per heavy atom. The predicted molar refractivity (Wildman–Crippen MR) is 74.1 cm³/mol. The number of hydrogen-bond donors (Lipinski definition) is 1. The first-order valence-corrected chi connectivity index (χ1v) is 7.02. The second-order valence-corrected chi connectivity index (χ2v) is 5.26. The summed E-state index contributed by atoms with van der Waals surface area (Å²) < 4.78 is 16.6. The second-order valence-electron chi connectivity index (χ2n) is 5.26. The lowest BCUT2D eigenvalue weighted by Crippen LogP contribution is -2.27. The van der Waals surface area contributed by atoms with E-state index in [1.165, 1.54) is 12.8 Å². The van der Waals surface area contributed by atoms with Crippen LogP contribution in [0.4, 0.5) is 5.69 Å². The topological polar surface area (TPSA) is 39.7 Å². The summed E-state index contributed by atoms with van der Waals surface area (Å²) in [5.74, 6) is 2.43. The lowest BCUT2D eigenvalue weighted by atomic mass is 10.2. The zero-order valence-corrected chi connectivity index (χ0v) is 11.4. The second kappa shape index (κ2) is 5.70. The molecule has 0 amide bonds. The van der Waals surface area contributed by atoms with E-state index in [1.54, 1.807) is 7.11 Å². The highest BCUT2D eigenvalue weighted by atomic mass is 16.5. The van der Waals surface area contributed by atoms with Gasteiger partial charge in [0.15, 0.2) is 11.5 Å². The fourth-order valence-corrected chi connectivity index (χ4v) is 2.44. The lowest BCUT2D eigenvalue weighted by Gasteiger charge is -2.19. The summed E-state index contributed by atoms with van der Waals surface area (Å²) in [6.45, 7) is 2.20. The molecule has 0 bridgehead atoms. The minimum atomic E-state index is 0.398. The molecule has 1 heterocycles. The van der Waals surface area contributed by atoms with Crippen molar-refractivity contribution in [3.05, 3.63) is 18.2 Å². The van der Waals surface area contributed by atoms with Crippen molar-refractivity contribution in [1.29, 1.82) is 0 Å². The minimum Gasteiger partial charge on any atom is -0.490 e. The molecule has 2 aliphatic rings. The summed E-state index contributed by atoms with van der Waals surface area (Å²) in [5, 5.41) is 3.55. The number of nitrogens with one attached hydrogen (secondary N) is 1. The quantitative estimate of drug-likeness (QED) is 0.886. The summed E-state index contributed by atoms with van der Waals surface area (Å²) >= 11 is 0. The first kappa shape index (κ1) is 12.6. The predicted octanol–water partition coefficient (Wildman–Crippen LogP) is 2.68. The average Bonchev–Trinajstić information content (AvgIpc) is 3.25.